The van der Waals surface area contributed by atoms with E-state index in [2.05, 4.69) is 24.5 Å². The number of nitro benzene ring substituents is 1. The molecule has 0 saturated heterocycles. The summed E-state index contributed by atoms with van der Waals surface area (Å²) in [5, 5.41) is 16.6. The lowest BCUT2D eigenvalue weighted by Gasteiger charge is -2.15. The molecule has 1 amide bonds. The molecule has 2 aromatic rings. The molecule has 0 aliphatic carbocycles. The van der Waals surface area contributed by atoms with Gasteiger partial charge in [-0.25, -0.2) is 4.79 Å². The number of carbonyl (C=O) groups is 2. The number of amides is 1. The highest BCUT2D eigenvalue weighted by atomic mass is 16.6. The molecule has 0 unspecified atom stereocenters. The van der Waals surface area contributed by atoms with Crippen molar-refractivity contribution >= 4 is 23.3 Å². The Morgan fingerprint density at radius 2 is 1.77 bits per heavy atom. The van der Waals surface area contributed by atoms with E-state index in [9.17, 15) is 19.7 Å². The topological polar surface area (TPSA) is 111 Å². The van der Waals surface area contributed by atoms with Gasteiger partial charge in [0.05, 0.1) is 16.5 Å². The van der Waals surface area contributed by atoms with Gasteiger partial charge in [-0.1, -0.05) is 38.1 Å². The van der Waals surface area contributed by atoms with Gasteiger partial charge in [-0.05, 0) is 42.5 Å². The molecule has 2 aromatic carbocycles. The molecule has 160 valence electrons. The van der Waals surface area contributed by atoms with Crippen molar-refractivity contribution in [3.8, 4) is 0 Å². The summed E-state index contributed by atoms with van der Waals surface area (Å²) in [6.45, 7) is 5.68. The number of carbonyl (C=O) groups excluding carboxylic acids is 2. The van der Waals surface area contributed by atoms with Gasteiger partial charge in [0.1, 0.15) is 5.69 Å². The lowest BCUT2D eigenvalue weighted by molar-refractivity contribution is -0.384. The Morgan fingerprint density at radius 3 is 2.33 bits per heavy atom. The molecule has 0 saturated carbocycles. The van der Waals surface area contributed by atoms with Crippen LogP contribution in [-0.4, -0.2) is 30.5 Å². The van der Waals surface area contributed by atoms with Crippen molar-refractivity contribution in [1.29, 1.82) is 0 Å². The number of rotatable bonds is 9. The van der Waals surface area contributed by atoms with Crippen LogP contribution in [0.25, 0.3) is 0 Å². The summed E-state index contributed by atoms with van der Waals surface area (Å²) in [5.74, 6) is -0.691. The average Bonchev–Trinajstić information content (AvgIpc) is 2.71. The first-order chi connectivity index (χ1) is 14.2. The second-order valence-corrected chi connectivity index (χ2v) is 7.44. The van der Waals surface area contributed by atoms with Crippen molar-refractivity contribution < 1.29 is 19.2 Å². The molecule has 0 aliphatic rings. The lowest BCUT2D eigenvalue weighted by atomic mass is 10.00. The van der Waals surface area contributed by atoms with E-state index < -0.39 is 23.4 Å². The van der Waals surface area contributed by atoms with E-state index in [4.69, 9.17) is 4.74 Å². The van der Waals surface area contributed by atoms with E-state index >= 15 is 0 Å². The molecule has 2 N–H and O–H groups in total. The molecule has 2 rings (SSSR count). The first kappa shape index (κ1) is 22.9. The molecule has 0 bridgehead atoms. The summed E-state index contributed by atoms with van der Waals surface area (Å²) >= 11 is 0. The summed E-state index contributed by atoms with van der Waals surface area (Å²) < 4.78 is 5.00. The van der Waals surface area contributed by atoms with E-state index in [1.165, 1.54) is 17.7 Å². The predicted molar refractivity (Wildman–Crippen MR) is 114 cm³/mol. The maximum atomic E-state index is 12.2. The minimum atomic E-state index is -0.804. The zero-order valence-corrected chi connectivity index (χ0v) is 17.6. The summed E-state index contributed by atoms with van der Waals surface area (Å²) in [4.78, 5) is 34.8. The highest BCUT2D eigenvalue weighted by molar-refractivity contribution is 5.93. The minimum absolute atomic E-state index is 0.00212. The Bertz CT molecular complexity index is 909. The van der Waals surface area contributed by atoms with Crippen molar-refractivity contribution in [3.05, 3.63) is 69.3 Å². The zero-order valence-electron chi connectivity index (χ0n) is 17.6. The van der Waals surface area contributed by atoms with Crippen molar-refractivity contribution in [2.45, 2.75) is 33.2 Å². The van der Waals surface area contributed by atoms with Gasteiger partial charge in [0.2, 0.25) is 0 Å². The molecule has 0 radical (unpaired) electrons. The van der Waals surface area contributed by atoms with Crippen LogP contribution in [0.2, 0.25) is 0 Å². The molecule has 0 aromatic heterocycles. The van der Waals surface area contributed by atoms with Gasteiger partial charge >= 0.3 is 5.97 Å². The summed E-state index contributed by atoms with van der Waals surface area (Å²) in [6.07, 6.45) is 0.991. The van der Waals surface area contributed by atoms with Crippen molar-refractivity contribution in [2.24, 2.45) is 5.92 Å². The highest BCUT2D eigenvalue weighted by Gasteiger charge is 2.19. The van der Waals surface area contributed by atoms with Crippen LogP contribution >= 0.6 is 0 Å². The summed E-state index contributed by atoms with van der Waals surface area (Å²) in [7, 11) is 1.55. The van der Waals surface area contributed by atoms with Crippen molar-refractivity contribution in [3.63, 3.8) is 0 Å². The molecule has 0 heterocycles. The monoisotopic (exact) mass is 413 g/mol. The van der Waals surface area contributed by atoms with Crippen molar-refractivity contribution in [1.82, 2.24) is 5.32 Å². The SMILES string of the molecule is CNc1ccc(C(=O)OCC(=O)N[C@@H](C)c2ccc(CC(C)C)cc2)cc1[N+](=O)[O-]. The lowest BCUT2D eigenvalue weighted by Crippen LogP contribution is -2.31. The first-order valence-electron chi connectivity index (χ1n) is 9.72. The fraction of sp³-hybridized carbons (Fsp3) is 0.364. The summed E-state index contributed by atoms with van der Waals surface area (Å²) in [5.41, 5.74) is 2.22. The van der Waals surface area contributed by atoms with Gasteiger partial charge in [-0.3, -0.25) is 14.9 Å². The Kier molecular flexibility index (Phi) is 7.91. The van der Waals surface area contributed by atoms with Crippen LogP contribution < -0.4 is 10.6 Å². The zero-order chi connectivity index (χ0) is 22.3. The molecular weight excluding hydrogens is 386 g/mol. The fourth-order valence-corrected chi connectivity index (χ4v) is 3.02. The number of nitrogens with one attached hydrogen (secondary N) is 2. The van der Waals surface area contributed by atoms with E-state index in [-0.39, 0.29) is 23.0 Å². The third kappa shape index (κ3) is 6.30. The van der Waals surface area contributed by atoms with Crippen LogP contribution in [0.5, 0.6) is 0 Å². The summed E-state index contributed by atoms with van der Waals surface area (Å²) in [6, 6.07) is 11.7. The molecule has 1 atom stereocenters. The van der Waals surface area contributed by atoms with E-state index in [0.29, 0.717) is 5.92 Å². The van der Waals surface area contributed by atoms with Crippen molar-refractivity contribution in [2.75, 3.05) is 19.0 Å². The number of nitrogens with zero attached hydrogens (tertiary/aromatic N) is 1. The van der Waals surface area contributed by atoms with E-state index in [0.717, 1.165) is 18.1 Å². The quantitative estimate of drug-likeness (QED) is 0.367. The Morgan fingerprint density at radius 1 is 1.10 bits per heavy atom. The number of hydrogen-bond acceptors (Lipinski definition) is 6. The van der Waals surface area contributed by atoms with Crippen LogP contribution in [0, 0.1) is 16.0 Å². The first-order valence-corrected chi connectivity index (χ1v) is 9.72. The average molecular weight is 413 g/mol. The van der Waals surface area contributed by atoms with Gasteiger partial charge < -0.3 is 15.4 Å². The molecule has 0 spiro atoms. The molecule has 8 heteroatoms. The minimum Gasteiger partial charge on any atom is -0.452 e. The number of nitro groups is 1. The Labute approximate surface area is 175 Å². The maximum Gasteiger partial charge on any atom is 0.338 e. The molecule has 8 nitrogen and oxygen atoms in total. The highest BCUT2D eigenvalue weighted by Crippen LogP contribution is 2.25. The normalized spacial score (nSPS) is 11.6. The second kappa shape index (κ2) is 10.4. The molecule has 0 aliphatic heterocycles. The van der Waals surface area contributed by atoms with E-state index in [1.807, 2.05) is 31.2 Å². The van der Waals surface area contributed by atoms with E-state index in [1.54, 1.807) is 7.05 Å². The standard InChI is InChI=1S/C22H27N3O5/c1-14(2)11-16-5-7-17(8-6-16)15(3)24-21(26)13-30-22(27)18-9-10-19(23-4)20(12-18)25(28)29/h5-10,12,14-15,23H,11,13H2,1-4H3,(H,24,26)/t15-/m0/s1. The van der Waals surface area contributed by atoms with Gasteiger partial charge in [0.25, 0.3) is 11.6 Å². The van der Waals surface area contributed by atoms with Crippen LogP contribution in [0.4, 0.5) is 11.4 Å². The van der Waals surface area contributed by atoms with Crippen LogP contribution in [-0.2, 0) is 16.0 Å². The largest absolute Gasteiger partial charge is 0.452 e. The van der Waals surface area contributed by atoms with Gasteiger partial charge in [0, 0.05) is 13.1 Å². The van der Waals surface area contributed by atoms with Crippen LogP contribution in [0.15, 0.2) is 42.5 Å². The smallest absolute Gasteiger partial charge is 0.338 e. The molecular formula is C22H27N3O5. The van der Waals surface area contributed by atoms with Crippen LogP contribution in [0.1, 0.15) is 48.3 Å². The number of ether oxygens (including phenoxy) is 1. The Balaban J connectivity index is 1.91. The Hall–Kier alpha value is -3.42. The van der Waals surface area contributed by atoms with Gasteiger partial charge in [0.15, 0.2) is 6.61 Å². The number of benzene rings is 2. The number of anilines is 1. The fourth-order valence-electron chi connectivity index (χ4n) is 3.02. The third-order valence-electron chi connectivity index (χ3n) is 4.53. The van der Waals surface area contributed by atoms with Crippen LogP contribution in [0.3, 0.4) is 0 Å². The predicted octanol–water partition coefficient (Wildman–Crippen LogP) is 3.87. The van der Waals surface area contributed by atoms with Gasteiger partial charge in [-0.15, -0.1) is 0 Å². The number of hydrogen-bond donors (Lipinski definition) is 2. The maximum absolute atomic E-state index is 12.2. The molecule has 30 heavy (non-hydrogen) atoms. The third-order valence-corrected chi connectivity index (χ3v) is 4.53. The molecule has 0 fully saturated rings. The number of esters is 1. The second-order valence-electron chi connectivity index (χ2n) is 7.44. The van der Waals surface area contributed by atoms with Gasteiger partial charge in [-0.2, -0.15) is 0 Å².